The van der Waals surface area contributed by atoms with E-state index in [0.29, 0.717) is 44.4 Å². The van der Waals surface area contributed by atoms with Crippen LogP contribution in [0, 0.1) is 47.0 Å². The first kappa shape index (κ1) is 93.2. The average Bonchev–Trinajstić information content (AvgIpc) is 1.73. The number of hydroxylamine groups is 1. The van der Waals surface area contributed by atoms with E-state index in [0.717, 1.165) is 111 Å². The number of hydrogen-bond donors (Lipinski definition) is 14. The van der Waals surface area contributed by atoms with E-state index in [2.05, 4.69) is 242 Å². The number of unbranched alkanes of at least 4 members (excludes halogenated alkanes) is 3. The quantitative estimate of drug-likeness (QED) is 0.00367. The van der Waals surface area contributed by atoms with Crippen LogP contribution in [-0.2, 0) is 19.3 Å². The van der Waals surface area contributed by atoms with Crippen molar-refractivity contribution in [2.24, 2.45) is 94.8 Å². The van der Waals surface area contributed by atoms with Crippen LogP contribution in [0.5, 0.6) is 0 Å². The minimum absolute atomic E-state index is 0.0112. The molecule has 7 heterocycles. The predicted molar refractivity (Wildman–Crippen MR) is 496 cm³/mol. The second-order valence-electron chi connectivity index (χ2n) is 30.9. The van der Waals surface area contributed by atoms with E-state index in [-0.39, 0.29) is 83.8 Å². The molecule has 121 heavy (non-hydrogen) atoms. The lowest BCUT2D eigenvalue weighted by molar-refractivity contribution is -0.128. The highest BCUT2D eigenvalue weighted by molar-refractivity contribution is 6.15. The molecule has 14 atom stereocenters. The Morgan fingerprint density at radius 2 is 1.60 bits per heavy atom. The molecule has 0 radical (unpaired) electrons. The van der Waals surface area contributed by atoms with Crippen molar-refractivity contribution in [1.82, 2.24) is 52.8 Å². The summed E-state index contributed by atoms with van der Waals surface area (Å²) in [6, 6.07) is 13.1. The van der Waals surface area contributed by atoms with Crippen molar-refractivity contribution in [1.29, 1.82) is 5.26 Å². The number of amidine groups is 2. The van der Waals surface area contributed by atoms with Crippen LogP contribution < -0.4 is 71.7 Å². The first-order valence-corrected chi connectivity index (χ1v) is 43.0. The van der Waals surface area contributed by atoms with Crippen LogP contribution >= 0.6 is 0 Å². The summed E-state index contributed by atoms with van der Waals surface area (Å²) in [5, 5.41) is 51.0. The number of oxime groups is 2. The molecular weight excluding hydrogens is 1520 g/mol. The van der Waals surface area contributed by atoms with E-state index in [4.69, 9.17) is 53.4 Å². The van der Waals surface area contributed by atoms with E-state index in [1.807, 2.05) is 85.8 Å². The van der Waals surface area contributed by atoms with Crippen LogP contribution in [0.3, 0.4) is 0 Å². The Morgan fingerprint density at radius 3 is 2.32 bits per heavy atom. The number of nitriles is 1. The number of dihydropyridines is 1. The third kappa shape index (κ3) is 27.4. The van der Waals surface area contributed by atoms with Crippen molar-refractivity contribution in [3.63, 3.8) is 0 Å². The fourth-order valence-corrected chi connectivity index (χ4v) is 15.5. The number of rotatable bonds is 41. The second kappa shape index (κ2) is 50.4. The molecule has 1 aromatic heterocycles. The van der Waals surface area contributed by atoms with Gasteiger partial charge in [-0.05, 0) is 153 Å². The van der Waals surface area contributed by atoms with Crippen molar-refractivity contribution >= 4 is 64.1 Å². The van der Waals surface area contributed by atoms with Gasteiger partial charge < -0.3 is 80.8 Å². The number of hydrazone groups is 3. The van der Waals surface area contributed by atoms with Crippen molar-refractivity contribution in [3.05, 3.63) is 247 Å². The van der Waals surface area contributed by atoms with Gasteiger partial charge >= 0.3 is 0 Å². The van der Waals surface area contributed by atoms with Gasteiger partial charge in [-0.1, -0.05) is 184 Å². The lowest BCUT2D eigenvalue weighted by Crippen LogP contribution is -2.43. The topological polar surface area (TPSA) is 401 Å². The fraction of sp³-hybridized carbons (Fsp3) is 0.436. The highest BCUT2D eigenvalue weighted by Gasteiger charge is 2.32. The van der Waals surface area contributed by atoms with Gasteiger partial charge in [0.05, 0.1) is 84.9 Å². The number of benzene rings is 2. The molecule has 27 nitrogen and oxygen atoms in total. The number of aromatic nitrogens is 2. The Bertz CT molecular complexity index is 4530. The van der Waals surface area contributed by atoms with Gasteiger partial charge in [0.15, 0.2) is 12.0 Å². The number of allylic oxidation sites excluding steroid dienone is 11. The van der Waals surface area contributed by atoms with E-state index in [1.54, 1.807) is 4.90 Å². The zero-order chi connectivity index (χ0) is 86.1. The van der Waals surface area contributed by atoms with E-state index >= 15 is 0 Å². The van der Waals surface area contributed by atoms with Gasteiger partial charge in [-0.25, -0.2) is 4.99 Å². The number of aromatic amines is 1. The standard InChI is InChI=1S/C27H38N6O2.C23H38N6O.C22H26N6.C22H29N5O/c1-3-5-6-7-9-25(29-16-15-23-20-30-31-24(23)4-2)21-11-13-22(14-12-21)27(28)32-35-19-18-33-17-8-10-26(33)34;1-4-7-9-18-14-19(26-15-20(18)21-16-27-28-22(21)6-3)11-8-10-17(5-2)23(25)29-30-13-12-24;1-2-14(22(24)25-13-23)6-5-9-18-15-7-3-4-8-16(15)21-17-12-26-28-19(17)10-11-20(21)27-18;1-4-6-15(5-2)21(16-7-9-17(10-8-16)22(23)27-28-3)25-19-11-12-20-18(13-19)14-24-26-20/h4,7,9,11-16,20,23-25,29,31H,2-3,5-6,8,10,17-19H2,1H3,(H2,28,32);5-6,8,11,14-17,19,21-23,26,28-29H,2-4,7,9-10,12-13,24-25H2,1H3;2,5,9-12,14,18,22,25,27H,1,3-4,6-8,24H2,(H,26,28);5,7-9,11-14,17-18,20,26H,4,6,10H2,1-3H3,(H2,23,27)/b9-7+,16-15+;11-8+;9-5+;15-5+,25-21?. The summed E-state index contributed by atoms with van der Waals surface area (Å²) in [4.78, 5) is 33.9. The monoisotopic (exact) mass is 1650 g/mol. The number of nitrogens with two attached hydrogens (primary N) is 5. The van der Waals surface area contributed by atoms with Crippen molar-refractivity contribution in [2.75, 3.05) is 45.3 Å². The summed E-state index contributed by atoms with van der Waals surface area (Å²) >= 11 is 0. The Labute approximate surface area is 716 Å². The zero-order valence-electron chi connectivity index (χ0n) is 71.4. The average molecular weight is 1650 g/mol. The first-order valence-electron chi connectivity index (χ1n) is 43.0. The van der Waals surface area contributed by atoms with Crippen molar-refractivity contribution in [2.45, 2.75) is 185 Å². The number of anilines is 1. The largest absolute Gasteiger partial charge is 0.398 e. The van der Waals surface area contributed by atoms with Gasteiger partial charge in [-0.2, -0.15) is 31.1 Å². The first-order chi connectivity index (χ1) is 59.1. The van der Waals surface area contributed by atoms with E-state index < -0.39 is 6.17 Å². The molecule has 3 aliphatic carbocycles. The molecule has 0 saturated carbocycles. The van der Waals surface area contributed by atoms with Gasteiger partial charge in [0.2, 0.25) is 5.91 Å². The molecule has 14 unspecified atom stereocenters. The molecule has 12 rings (SSSR count). The van der Waals surface area contributed by atoms with Gasteiger partial charge in [0.25, 0.3) is 0 Å². The molecule has 1 amide bonds. The summed E-state index contributed by atoms with van der Waals surface area (Å²) in [5.41, 5.74) is 57.2. The molecule has 3 aromatic rings. The van der Waals surface area contributed by atoms with Crippen molar-refractivity contribution < 1.29 is 19.3 Å². The summed E-state index contributed by atoms with van der Waals surface area (Å²) in [7, 11) is 1.51. The molecule has 19 N–H and O–H groups in total. The number of H-pyrrole nitrogens is 1. The maximum absolute atomic E-state index is 11.7. The highest BCUT2D eigenvalue weighted by atomic mass is 16.6. The van der Waals surface area contributed by atoms with Gasteiger partial charge in [0, 0.05) is 102 Å². The van der Waals surface area contributed by atoms with Crippen molar-refractivity contribution in [3.8, 4) is 6.19 Å². The minimum Gasteiger partial charge on any atom is -0.398 e. The normalized spacial score (nSPS) is 23.5. The molecule has 2 aromatic carbocycles. The van der Waals surface area contributed by atoms with E-state index in [1.165, 1.54) is 83.7 Å². The number of carbonyl (C=O) groups is 1. The smallest absolute Gasteiger partial charge is 0.222 e. The van der Waals surface area contributed by atoms with Crippen LogP contribution in [0.4, 0.5) is 5.69 Å². The Kier molecular flexibility index (Phi) is 38.8. The summed E-state index contributed by atoms with van der Waals surface area (Å²) in [6.45, 7) is 26.8. The van der Waals surface area contributed by atoms with Crippen LogP contribution in [0.1, 0.15) is 160 Å². The molecule has 27 heteroatoms. The van der Waals surface area contributed by atoms with Gasteiger partial charge in [-0.3, -0.25) is 14.7 Å². The third-order valence-corrected chi connectivity index (χ3v) is 22.5. The van der Waals surface area contributed by atoms with Crippen LogP contribution in [0.15, 0.2) is 261 Å². The summed E-state index contributed by atoms with van der Waals surface area (Å²) in [5.74, 6) is 1.76. The van der Waals surface area contributed by atoms with E-state index in [9.17, 15) is 4.79 Å². The zero-order valence-corrected chi connectivity index (χ0v) is 71.4. The molecule has 0 bridgehead atoms. The maximum atomic E-state index is 11.7. The molecular formula is C94H131N23O4. The Morgan fingerprint density at radius 1 is 0.835 bits per heavy atom. The maximum Gasteiger partial charge on any atom is 0.222 e. The number of fused-ring (bicyclic) bond motifs is 5. The number of likely N-dealkylation sites (tertiary alicyclic amines) is 1. The number of nitrogens with zero attached hydrogens (tertiary/aromatic N) is 9. The van der Waals surface area contributed by atoms with Crippen LogP contribution in [-0.4, -0.2) is 140 Å². The lowest BCUT2D eigenvalue weighted by atomic mass is 9.79. The van der Waals surface area contributed by atoms with Gasteiger partial charge in [0.1, 0.15) is 19.6 Å². The number of carbonyl (C=O) groups excluding carboxylic acids is 1. The predicted octanol–water partition coefficient (Wildman–Crippen LogP) is 13.2. The number of hydrogen-bond acceptors (Lipinski definition) is 23. The SMILES string of the molecule is C/C=C(\CCC)C(=NC1=CC2C=NNC2C=C1)C1=CCC(C(N)=NOC)C=C1.C=CC(C/C=C/C1C=C(CCCC)C(C2C=NNC2C=C)=CN1)C(N)NOCCN.C=CC(C/C=C/C1Nc2ccc3[nH]ncc3c2C2=C1CCCC2)C(N)NC#N.C=CC1NN=CC1/C=C/NC(/C=C/CCCC)c1ccc(C(N)=NOCCN2CCCC2=O)cc1. The number of aliphatic imine (C=N–C) groups is 1. The molecule has 6 aliphatic heterocycles. The Balaban J connectivity index is 0.000000184. The lowest BCUT2D eigenvalue weighted by Gasteiger charge is -2.34. The Hall–Kier alpha value is -11.7. The third-order valence-electron chi connectivity index (χ3n) is 22.5. The fourth-order valence-electron chi connectivity index (χ4n) is 15.5. The highest BCUT2D eigenvalue weighted by Crippen LogP contribution is 2.45. The minimum atomic E-state index is -0.411. The number of amides is 1. The molecule has 646 valence electrons. The van der Waals surface area contributed by atoms with Crippen LogP contribution in [0.25, 0.3) is 16.5 Å². The summed E-state index contributed by atoms with van der Waals surface area (Å²) in [6.07, 6.45) is 70.3. The molecule has 0 spiro atoms. The number of nitrogens with one attached hydrogen (secondary N) is 9. The van der Waals surface area contributed by atoms with Gasteiger partial charge in [-0.15, -0.1) is 26.3 Å². The molecule has 9 aliphatic rings. The second-order valence-corrected chi connectivity index (χ2v) is 30.9. The molecule has 1 fully saturated rings. The summed E-state index contributed by atoms with van der Waals surface area (Å²) < 4.78 is 0. The van der Waals surface area contributed by atoms with Crippen LogP contribution in [0.2, 0.25) is 0 Å². The molecule has 1 saturated heterocycles.